The molecule has 0 saturated heterocycles. The maximum absolute atomic E-state index is 9.85. The number of benzene rings is 2. The molecule has 4 heteroatoms. The Morgan fingerprint density at radius 1 is 1.10 bits per heavy atom. The largest absolute Gasteiger partial charge is 0.411 e. The molecule has 0 bridgehead atoms. The lowest BCUT2D eigenvalue weighted by atomic mass is 9.83. The molecule has 158 valence electrons. The molecule has 0 radical (unpaired) electrons. The normalized spacial score (nSPS) is 15.4. The SMILES string of the molecule is Cc1cc(C(C[C@H](c2ccc(C3=CCNCC3)cc2)c2ccccc2C)=NO)ccn1. The van der Waals surface area contributed by atoms with E-state index >= 15 is 0 Å². The number of nitrogens with one attached hydrogen (secondary N) is 1. The number of pyridine rings is 1. The summed E-state index contributed by atoms with van der Waals surface area (Å²) in [4.78, 5) is 4.27. The lowest BCUT2D eigenvalue weighted by Crippen LogP contribution is -2.20. The highest BCUT2D eigenvalue weighted by molar-refractivity contribution is 6.01. The predicted octanol–water partition coefficient (Wildman–Crippen LogP) is 5.48. The predicted molar refractivity (Wildman–Crippen MR) is 127 cm³/mol. The molecule has 1 aromatic heterocycles. The summed E-state index contributed by atoms with van der Waals surface area (Å²) in [5.41, 5.74) is 8.89. The second-order valence-electron chi connectivity index (χ2n) is 8.15. The van der Waals surface area contributed by atoms with Crippen LogP contribution in [-0.2, 0) is 0 Å². The minimum absolute atomic E-state index is 0.0941. The summed E-state index contributed by atoms with van der Waals surface area (Å²) in [5.74, 6) is 0.0941. The number of rotatable bonds is 6. The molecule has 0 amide bonds. The lowest BCUT2D eigenvalue weighted by molar-refractivity contribution is 0.317. The van der Waals surface area contributed by atoms with Gasteiger partial charge in [0.15, 0.2) is 0 Å². The van der Waals surface area contributed by atoms with Gasteiger partial charge in [0.1, 0.15) is 0 Å². The van der Waals surface area contributed by atoms with Crippen LogP contribution in [0.2, 0.25) is 0 Å². The van der Waals surface area contributed by atoms with Crippen LogP contribution in [0.3, 0.4) is 0 Å². The first-order valence-corrected chi connectivity index (χ1v) is 10.9. The molecular formula is C27H29N3O. The first-order chi connectivity index (χ1) is 15.2. The molecular weight excluding hydrogens is 382 g/mol. The smallest absolute Gasteiger partial charge is 0.0878 e. The molecule has 0 unspecified atom stereocenters. The van der Waals surface area contributed by atoms with Gasteiger partial charge in [-0.3, -0.25) is 4.98 Å². The number of aryl methyl sites for hydroxylation is 2. The molecule has 4 rings (SSSR count). The fourth-order valence-corrected chi connectivity index (χ4v) is 4.33. The summed E-state index contributed by atoms with van der Waals surface area (Å²) in [7, 11) is 0. The summed E-state index contributed by atoms with van der Waals surface area (Å²) in [6.45, 7) is 6.06. The van der Waals surface area contributed by atoms with Gasteiger partial charge in [-0.2, -0.15) is 0 Å². The average Bonchev–Trinajstić information content (AvgIpc) is 2.81. The number of hydrogen-bond donors (Lipinski definition) is 2. The Kier molecular flexibility index (Phi) is 6.58. The molecule has 0 fully saturated rings. The quantitative estimate of drug-likeness (QED) is 0.321. The number of aromatic nitrogens is 1. The minimum atomic E-state index is 0.0941. The van der Waals surface area contributed by atoms with E-state index in [1.807, 2.05) is 19.1 Å². The van der Waals surface area contributed by atoms with Crippen molar-refractivity contribution in [3.8, 4) is 0 Å². The minimum Gasteiger partial charge on any atom is -0.411 e. The van der Waals surface area contributed by atoms with E-state index in [2.05, 4.69) is 77.0 Å². The van der Waals surface area contributed by atoms with E-state index in [0.29, 0.717) is 12.1 Å². The van der Waals surface area contributed by atoms with Gasteiger partial charge in [-0.05, 0) is 66.8 Å². The van der Waals surface area contributed by atoms with Crippen molar-refractivity contribution < 1.29 is 5.21 Å². The van der Waals surface area contributed by atoms with E-state index in [1.54, 1.807) is 6.20 Å². The van der Waals surface area contributed by atoms with Crippen LogP contribution >= 0.6 is 0 Å². The van der Waals surface area contributed by atoms with Crippen LogP contribution in [0, 0.1) is 13.8 Å². The Morgan fingerprint density at radius 2 is 1.90 bits per heavy atom. The van der Waals surface area contributed by atoms with Crippen LogP contribution in [0.25, 0.3) is 5.57 Å². The van der Waals surface area contributed by atoms with Gasteiger partial charge in [0, 0.05) is 36.3 Å². The second kappa shape index (κ2) is 9.71. The molecule has 2 N–H and O–H groups in total. The molecule has 0 spiro atoms. The molecule has 0 aliphatic carbocycles. The van der Waals surface area contributed by atoms with Crippen molar-refractivity contribution in [2.24, 2.45) is 5.16 Å². The molecule has 0 saturated carbocycles. The van der Waals surface area contributed by atoms with Gasteiger partial charge in [-0.25, -0.2) is 0 Å². The third kappa shape index (κ3) is 4.92. The van der Waals surface area contributed by atoms with Gasteiger partial charge in [0.2, 0.25) is 0 Å². The molecule has 31 heavy (non-hydrogen) atoms. The fraction of sp³-hybridized carbons (Fsp3) is 0.259. The maximum atomic E-state index is 9.85. The molecule has 2 aromatic carbocycles. The maximum Gasteiger partial charge on any atom is 0.0878 e. The van der Waals surface area contributed by atoms with Crippen molar-refractivity contribution in [3.05, 3.63) is 106 Å². The Bertz CT molecular complexity index is 1100. The first-order valence-electron chi connectivity index (χ1n) is 10.9. The Morgan fingerprint density at radius 3 is 2.58 bits per heavy atom. The van der Waals surface area contributed by atoms with Gasteiger partial charge >= 0.3 is 0 Å². The van der Waals surface area contributed by atoms with Crippen LogP contribution in [0.15, 0.2) is 78.1 Å². The van der Waals surface area contributed by atoms with Crippen LogP contribution < -0.4 is 5.32 Å². The molecule has 1 aliphatic heterocycles. The topological polar surface area (TPSA) is 57.5 Å². The van der Waals surface area contributed by atoms with Crippen LogP contribution in [0.1, 0.15) is 52.3 Å². The average molecular weight is 412 g/mol. The van der Waals surface area contributed by atoms with Gasteiger partial charge < -0.3 is 10.5 Å². The van der Waals surface area contributed by atoms with Gasteiger partial charge in [-0.1, -0.05) is 59.8 Å². The van der Waals surface area contributed by atoms with E-state index < -0.39 is 0 Å². The third-order valence-electron chi connectivity index (χ3n) is 6.06. The monoisotopic (exact) mass is 411 g/mol. The standard InChI is InChI=1S/C27H29N3O/c1-19-5-3-4-6-25(19)26(18-27(30-31)24-13-16-29-20(2)17-24)23-9-7-21(8-10-23)22-11-14-28-15-12-22/h3-11,13,16-17,26,28,31H,12,14-15,18H2,1-2H3/t26-/m1/s1. The first kappa shape index (κ1) is 21.0. The summed E-state index contributed by atoms with van der Waals surface area (Å²) >= 11 is 0. The van der Waals surface area contributed by atoms with Crippen molar-refractivity contribution in [2.75, 3.05) is 13.1 Å². The van der Waals surface area contributed by atoms with Gasteiger partial charge in [-0.15, -0.1) is 0 Å². The lowest BCUT2D eigenvalue weighted by Gasteiger charge is -2.22. The van der Waals surface area contributed by atoms with E-state index in [4.69, 9.17) is 0 Å². The zero-order valence-electron chi connectivity index (χ0n) is 18.2. The molecule has 2 heterocycles. The van der Waals surface area contributed by atoms with E-state index in [9.17, 15) is 5.21 Å². The van der Waals surface area contributed by atoms with E-state index in [1.165, 1.54) is 27.8 Å². The summed E-state index contributed by atoms with van der Waals surface area (Å²) in [5, 5.41) is 16.9. The fourth-order valence-electron chi connectivity index (χ4n) is 4.33. The van der Waals surface area contributed by atoms with Crippen molar-refractivity contribution in [1.82, 2.24) is 10.3 Å². The van der Waals surface area contributed by atoms with Crippen LogP contribution in [0.5, 0.6) is 0 Å². The molecule has 3 aromatic rings. The highest BCUT2D eigenvalue weighted by Crippen LogP contribution is 2.33. The summed E-state index contributed by atoms with van der Waals surface area (Å²) in [6.07, 6.45) is 5.71. The zero-order chi connectivity index (χ0) is 21.6. The summed E-state index contributed by atoms with van der Waals surface area (Å²) in [6, 6.07) is 21.2. The van der Waals surface area contributed by atoms with Crippen molar-refractivity contribution in [3.63, 3.8) is 0 Å². The van der Waals surface area contributed by atoms with Crippen molar-refractivity contribution in [2.45, 2.75) is 32.6 Å². The van der Waals surface area contributed by atoms with Crippen LogP contribution in [0.4, 0.5) is 0 Å². The van der Waals surface area contributed by atoms with Crippen LogP contribution in [-0.4, -0.2) is 29.0 Å². The van der Waals surface area contributed by atoms with Crippen molar-refractivity contribution >= 4 is 11.3 Å². The number of hydrogen-bond acceptors (Lipinski definition) is 4. The molecule has 1 atom stereocenters. The van der Waals surface area contributed by atoms with Gasteiger partial charge in [0.25, 0.3) is 0 Å². The Labute approximate surface area is 184 Å². The highest BCUT2D eigenvalue weighted by Gasteiger charge is 2.21. The Balaban J connectivity index is 1.70. The second-order valence-corrected chi connectivity index (χ2v) is 8.15. The molecule has 4 nitrogen and oxygen atoms in total. The number of oxime groups is 1. The van der Waals surface area contributed by atoms with Crippen molar-refractivity contribution in [1.29, 1.82) is 0 Å². The number of nitrogens with zero attached hydrogens (tertiary/aromatic N) is 2. The Hall–Kier alpha value is -3.24. The highest BCUT2D eigenvalue weighted by atomic mass is 16.4. The van der Waals surface area contributed by atoms with E-state index in [-0.39, 0.29) is 5.92 Å². The van der Waals surface area contributed by atoms with Gasteiger partial charge in [0.05, 0.1) is 5.71 Å². The molecule has 1 aliphatic rings. The summed E-state index contributed by atoms with van der Waals surface area (Å²) < 4.78 is 0. The zero-order valence-corrected chi connectivity index (χ0v) is 18.2. The van der Waals surface area contributed by atoms with E-state index in [0.717, 1.165) is 30.8 Å². The third-order valence-corrected chi connectivity index (χ3v) is 6.06.